The summed E-state index contributed by atoms with van der Waals surface area (Å²) in [4.78, 5) is 4.14. The Balaban J connectivity index is 1.95. The van der Waals surface area contributed by atoms with Crippen LogP contribution in [0, 0.1) is 0 Å². The van der Waals surface area contributed by atoms with Crippen molar-refractivity contribution in [1.29, 1.82) is 0 Å². The highest BCUT2D eigenvalue weighted by atomic mass is 16.5. The van der Waals surface area contributed by atoms with E-state index in [4.69, 9.17) is 9.47 Å². The number of aromatic nitrogens is 1. The molecule has 1 N–H and O–H groups in total. The predicted octanol–water partition coefficient (Wildman–Crippen LogP) is 0.831. The number of pyridine rings is 1. The Morgan fingerprint density at radius 1 is 1.50 bits per heavy atom. The van der Waals surface area contributed by atoms with Crippen LogP contribution in [-0.2, 0) is 0 Å². The van der Waals surface area contributed by atoms with Gasteiger partial charge in [-0.3, -0.25) is 0 Å². The van der Waals surface area contributed by atoms with Gasteiger partial charge in [0.25, 0.3) is 0 Å². The Kier molecular flexibility index (Phi) is 2.84. The first kappa shape index (κ1) is 9.27. The lowest BCUT2D eigenvalue weighted by Gasteiger charge is -2.11. The molecule has 0 radical (unpaired) electrons. The highest BCUT2D eigenvalue weighted by molar-refractivity contribution is 5.22. The van der Waals surface area contributed by atoms with Crippen LogP contribution in [0.25, 0.3) is 0 Å². The van der Waals surface area contributed by atoms with Gasteiger partial charge in [0.05, 0.1) is 13.3 Å². The Hall–Kier alpha value is -1.29. The van der Waals surface area contributed by atoms with Gasteiger partial charge in [-0.25, -0.2) is 4.98 Å². The lowest BCUT2D eigenvalue weighted by molar-refractivity contribution is 0.213. The predicted molar refractivity (Wildman–Crippen MR) is 52.7 cm³/mol. The van der Waals surface area contributed by atoms with E-state index in [9.17, 15) is 0 Å². The standard InChI is InChI=1S/C10H14N2O2/c1-13-8-2-3-10(12-7-8)14-9-4-5-11-6-9/h2-3,7,9,11H,4-6H2,1H3/t9-/m1/s1. The molecule has 0 amide bonds. The minimum Gasteiger partial charge on any atom is -0.495 e. The first-order chi connectivity index (χ1) is 6.88. The van der Waals surface area contributed by atoms with Crippen LogP contribution in [0.2, 0.25) is 0 Å². The summed E-state index contributed by atoms with van der Waals surface area (Å²) in [5.41, 5.74) is 0. The maximum Gasteiger partial charge on any atom is 0.213 e. The van der Waals surface area contributed by atoms with Crippen LogP contribution in [0.15, 0.2) is 18.3 Å². The summed E-state index contributed by atoms with van der Waals surface area (Å²) >= 11 is 0. The van der Waals surface area contributed by atoms with Gasteiger partial charge in [0.2, 0.25) is 5.88 Å². The van der Waals surface area contributed by atoms with E-state index in [1.165, 1.54) is 0 Å². The van der Waals surface area contributed by atoms with Crippen LogP contribution in [0.1, 0.15) is 6.42 Å². The zero-order valence-corrected chi connectivity index (χ0v) is 8.19. The first-order valence-corrected chi connectivity index (χ1v) is 4.76. The maximum absolute atomic E-state index is 5.65. The summed E-state index contributed by atoms with van der Waals surface area (Å²) in [5.74, 6) is 1.42. The molecule has 1 aromatic rings. The SMILES string of the molecule is COc1ccc(O[C@@H]2CCNC2)nc1. The largest absolute Gasteiger partial charge is 0.495 e. The maximum atomic E-state index is 5.65. The zero-order valence-electron chi connectivity index (χ0n) is 8.19. The van der Waals surface area contributed by atoms with Gasteiger partial charge in [-0.15, -0.1) is 0 Å². The Morgan fingerprint density at radius 3 is 3.00 bits per heavy atom. The second kappa shape index (κ2) is 4.28. The van der Waals surface area contributed by atoms with Crippen LogP contribution in [0.4, 0.5) is 0 Å². The molecule has 1 aliphatic rings. The molecule has 0 bridgehead atoms. The molecule has 0 aromatic carbocycles. The third kappa shape index (κ3) is 2.14. The molecule has 2 heterocycles. The molecule has 0 aliphatic carbocycles. The molecule has 2 rings (SSSR count). The number of methoxy groups -OCH3 is 1. The summed E-state index contributed by atoms with van der Waals surface area (Å²) in [5, 5.41) is 3.24. The topological polar surface area (TPSA) is 43.4 Å². The van der Waals surface area contributed by atoms with E-state index in [0.29, 0.717) is 5.88 Å². The third-order valence-electron chi connectivity index (χ3n) is 2.25. The van der Waals surface area contributed by atoms with Crippen LogP contribution < -0.4 is 14.8 Å². The van der Waals surface area contributed by atoms with Gasteiger partial charge in [0, 0.05) is 12.6 Å². The van der Waals surface area contributed by atoms with Crippen LogP contribution in [-0.4, -0.2) is 31.3 Å². The average Bonchev–Trinajstić information content (AvgIpc) is 2.72. The van der Waals surface area contributed by atoms with Gasteiger partial charge in [0.15, 0.2) is 0 Å². The van der Waals surface area contributed by atoms with Crippen molar-refractivity contribution in [3.05, 3.63) is 18.3 Å². The molecule has 0 saturated carbocycles. The van der Waals surface area contributed by atoms with Crippen molar-refractivity contribution in [1.82, 2.24) is 10.3 Å². The molecular formula is C10H14N2O2. The summed E-state index contributed by atoms with van der Waals surface area (Å²) in [6.45, 7) is 1.94. The van der Waals surface area contributed by atoms with Crippen LogP contribution in [0.5, 0.6) is 11.6 Å². The van der Waals surface area contributed by atoms with E-state index in [1.807, 2.05) is 12.1 Å². The number of hydrogen-bond donors (Lipinski definition) is 1. The molecule has 1 aromatic heterocycles. The molecule has 1 fully saturated rings. The minimum atomic E-state index is 0.260. The van der Waals surface area contributed by atoms with Crippen LogP contribution >= 0.6 is 0 Å². The van der Waals surface area contributed by atoms with Crippen molar-refractivity contribution in [2.45, 2.75) is 12.5 Å². The fourth-order valence-electron chi connectivity index (χ4n) is 1.46. The van der Waals surface area contributed by atoms with Gasteiger partial charge in [-0.2, -0.15) is 0 Å². The monoisotopic (exact) mass is 194 g/mol. The molecule has 1 saturated heterocycles. The van der Waals surface area contributed by atoms with Crippen molar-refractivity contribution in [3.63, 3.8) is 0 Å². The molecule has 14 heavy (non-hydrogen) atoms. The Labute approximate surface area is 83.2 Å². The third-order valence-corrected chi connectivity index (χ3v) is 2.25. The molecule has 4 heteroatoms. The van der Waals surface area contributed by atoms with Crippen molar-refractivity contribution in [2.24, 2.45) is 0 Å². The first-order valence-electron chi connectivity index (χ1n) is 4.76. The van der Waals surface area contributed by atoms with Gasteiger partial charge in [-0.1, -0.05) is 0 Å². The lowest BCUT2D eigenvalue weighted by atomic mass is 10.3. The second-order valence-corrected chi connectivity index (χ2v) is 3.27. The van der Waals surface area contributed by atoms with Crippen molar-refractivity contribution < 1.29 is 9.47 Å². The van der Waals surface area contributed by atoms with Crippen molar-refractivity contribution in [3.8, 4) is 11.6 Å². The van der Waals surface area contributed by atoms with Gasteiger partial charge in [0.1, 0.15) is 11.9 Å². The molecule has 76 valence electrons. The van der Waals surface area contributed by atoms with E-state index in [1.54, 1.807) is 13.3 Å². The number of rotatable bonds is 3. The molecule has 1 atom stereocenters. The lowest BCUT2D eigenvalue weighted by Crippen LogP contribution is -2.19. The Bertz CT molecular complexity index is 281. The minimum absolute atomic E-state index is 0.260. The smallest absolute Gasteiger partial charge is 0.213 e. The number of nitrogens with zero attached hydrogens (tertiary/aromatic N) is 1. The quantitative estimate of drug-likeness (QED) is 0.774. The second-order valence-electron chi connectivity index (χ2n) is 3.27. The van der Waals surface area contributed by atoms with E-state index in [0.717, 1.165) is 25.3 Å². The summed E-state index contributed by atoms with van der Waals surface area (Å²) < 4.78 is 10.7. The fourth-order valence-corrected chi connectivity index (χ4v) is 1.46. The molecular weight excluding hydrogens is 180 g/mol. The highest BCUT2D eigenvalue weighted by Crippen LogP contribution is 2.15. The number of hydrogen-bond acceptors (Lipinski definition) is 4. The summed E-state index contributed by atoms with van der Waals surface area (Å²) in [6.07, 6.45) is 2.97. The van der Waals surface area contributed by atoms with Crippen LogP contribution in [0.3, 0.4) is 0 Å². The number of nitrogens with one attached hydrogen (secondary N) is 1. The molecule has 4 nitrogen and oxygen atoms in total. The molecule has 0 unspecified atom stereocenters. The molecule has 0 spiro atoms. The van der Waals surface area contributed by atoms with E-state index >= 15 is 0 Å². The van der Waals surface area contributed by atoms with E-state index < -0.39 is 0 Å². The van der Waals surface area contributed by atoms with E-state index in [-0.39, 0.29) is 6.10 Å². The van der Waals surface area contributed by atoms with Gasteiger partial charge in [-0.05, 0) is 19.0 Å². The normalized spacial score (nSPS) is 20.8. The van der Waals surface area contributed by atoms with E-state index in [2.05, 4.69) is 10.3 Å². The van der Waals surface area contributed by atoms with Crippen molar-refractivity contribution in [2.75, 3.05) is 20.2 Å². The average molecular weight is 194 g/mol. The van der Waals surface area contributed by atoms with Gasteiger partial charge >= 0.3 is 0 Å². The Morgan fingerprint density at radius 2 is 2.43 bits per heavy atom. The van der Waals surface area contributed by atoms with Crippen molar-refractivity contribution >= 4 is 0 Å². The highest BCUT2D eigenvalue weighted by Gasteiger charge is 2.16. The zero-order chi connectivity index (χ0) is 9.80. The molecule has 1 aliphatic heterocycles. The summed E-state index contributed by atoms with van der Waals surface area (Å²) in [7, 11) is 1.62. The fraction of sp³-hybridized carbons (Fsp3) is 0.500. The summed E-state index contributed by atoms with van der Waals surface area (Å²) in [6, 6.07) is 3.68. The number of ether oxygens (including phenoxy) is 2. The van der Waals surface area contributed by atoms with Gasteiger partial charge < -0.3 is 14.8 Å².